The van der Waals surface area contributed by atoms with Crippen LogP contribution in [0.3, 0.4) is 0 Å². The highest BCUT2D eigenvalue weighted by molar-refractivity contribution is 5.89. The van der Waals surface area contributed by atoms with Gasteiger partial charge in [-0.2, -0.15) is 0 Å². The molecular weight excluding hydrogens is 380 g/mol. The normalized spacial score (nSPS) is 59.0. The van der Waals surface area contributed by atoms with Crippen LogP contribution < -0.4 is 0 Å². The highest BCUT2D eigenvalue weighted by Crippen LogP contribution is 2.86. The highest BCUT2D eigenvalue weighted by atomic mass is 16.6. The third-order valence-electron chi connectivity index (χ3n) is 11.5. The zero-order chi connectivity index (χ0) is 21.7. The molecule has 5 heteroatoms. The van der Waals surface area contributed by atoms with Crippen molar-refractivity contribution in [1.29, 1.82) is 0 Å². The number of carbonyl (C=O) groups excluding carboxylic acids is 2. The third-order valence-corrected chi connectivity index (χ3v) is 11.5. The van der Waals surface area contributed by atoms with Gasteiger partial charge in [0.2, 0.25) is 0 Å². The lowest BCUT2D eigenvalue weighted by Gasteiger charge is -2.73. The topological polar surface area (TPSA) is 61.8 Å². The maximum absolute atomic E-state index is 13.7. The van der Waals surface area contributed by atoms with Crippen LogP contribution in [0.4, 0.5) is 0 Å². The van der Waals surface area contributed by atoms with Crippen LogP contribution in [0.1, 0.15) is 66.7 Å². The van der Waals surface area contributed by atoms with Crippen LogP contribution in [-0.4, -0.2) is 36.4 Å². The summed E-state index contributed by atoms with van der Waals surface area (Å²) in [4.78, 5) is 27.3. The van der Waals surface area contributed by atoms with Gasteiger partial charge < -0.3 is 14.2 Å². The van der Waals surface area contributed by atoms with Gasteiger partial charge in [-0.25, -0.2) is 0 Å². The summed E-state index contributed by atoms with van der Waals surface area (Å²) in [6.07, 6.45) is 4.49. The lowest BCUT2D eigenvalue weighted by Crippen LogP contribution is -2.77. The van der Waals surface area contributed by atoms with Crippen molar-refractivity contribution in [3.05, 3.63) is 12.2 Å². The number of hydrogen-bond donors (Lipinski definition) is 0. The quantitative estimate of drug-likeness (QED) is 0.479. The second-order valence-electron chi connectivity index (χ2n) is 12.2. The molecule has 8 fully saturated rings. The van der Waals surface area contributed by atoms with E-state index in [0.717, 1.165) is 37.7 Å². The van der Waals surface area contributed by atoms with Gasteiger partial charge in [0.1, 0.15) is 11.5 Å². The Morgan fingerprint density at radius 3 is 2.40 bits per heavy atom. The maximum atomic E-state index is 13.7. The predicted octanol–water partition coefficient (Wildman–Crippen LogP) is 4.05. The molecule has 5 nitrogen and oxygen atoms in total. The molecule has 4 aliphatic carbocycles. The molecular formula is C25H34O5. The summed E-state index contributed by atoms with van der Waals surface area (Å²) in [5.41, 5.74) is -2.21. The van der Waals surface area contributed by atoms with E-state index in [1.165, 1.54) is 7.11 Å². The molecule has 0 aromatic rings. The predicted molar refractivity (Wildman–Crippen MR) is 109 cm³/mol. The van der Waals surface area contributed by atoms with Gasteiger partial charge in [-0.3, -0.25) is 9.59 Å². The standard InChI is InChI=1S/C25H34O5/c1-13-22(5)16-12-15-21(4,25(13,19(27)28-7)23(16,6)30-22)10-8-14-20(2,3)17-9-11-24(14,15)18(26)29-17/h14-17H,1,8-12H2,2-7H3/t14-,15?,16?,17-,21+,22-,23-,24+,25-/m1/s1. The first-order chi connectivity index (χ1) is 13.9. The van der Waals surface area contributed by atoms with Crippen LogP contribution in [0.15, 0.2) is 12.2 Å². The lowest BCUT2D eigenvalue weighted by atomic mass is 9.33. The minimum absolute atomic E-state index is 0.0119. The Hall–Kier alpha value is -1.36. The number of rotatable bonds is 1. The van der Waals surface area contributed by atoms with E-state index in [1.54, 1.807) is 0 Å². The Bertz CT molecular complexity index is 922. The average molecular weight is 415 g/mol. The summed E-state index contributed by atoms with van der Waals surface area (Å²) >= 11 is 0. The second kappa shape index (κ2) is 4.84. The smallest absolute Gasteiger partial charge is 0.319 e. The van der Waals surface area contributed by atoms with Crippen molar-refractivity contribution in [1.82, 2.24) is 0 Å². The number of hydrogen-bond acceptors (Lipinski definition) is 5. The van der Waals surface area contributed by atoms with E-state index in [2.05, 4.69) is 41.2 Å². The Balaban J connectivity index is 1.61. The molecule has 164 valence electrons. The maximum Gasteiger partial charge on any atom is 0.319 e. The fourth-order valence-corrected chi connectivity index (χ4v) is 10.4. The Labute approximate surface area is 178 Å². The summed E-state index contributed by atoms with van der Waals surface area (Å²) in [6, 6.07) is 0. The van der Waals surface area contributed by atoms with E-state index < -0.39 is 27.4 Å². The summed E-state index contributed by atoms with van der Waals surface area (Å²) in [5.74, 6) is 0.271. The first-order valence-corrected chi connectivity index (χ1v) is 11.6. The van der Waals surface area contributed by atoms with E-state index in [4.69, 9.17) is 14.2 Å². The van der Waals surface area contributed by atoms with Gasteiger partial charge in [-0.15, -0.1) is 0 Å². The molecule has 1 spiro atoms. The van der Waals surface area contributed by atoms with Gasteiger partial charge in [0.15, 0.2) is 0 Å². The van der Waals surface area contributed by atoms with Crippen LogP contribution in [0.25, 0.3) is 0 Å². The minimum atomic E-state index is -0.921. The molecule has 6 bridgehead atoms. The molecule has 8 rings (SSSR count). The number of esters is 2. The Morgan fingerprint density at radius 2 is 1.77 bits per heavy atom. The van der Waals surface area contributed by atoms with E-state index in [9.17, 15) is 9.59 Å². The third kappa shape index (κ3) is 1.43. The molecule has 0 N–H and O–H groups in total. The summed E-state index contributed by atoms with van der Waals surface area (Å²) < 4.78 is 18.1. The average Bonchev–Trinajstić information content (AvgIpc) is 2.92. The van der Waals surface area contributed by atoms with E-state index in [1.807, 2.05) is 0 Å². The van der Waals surface area contributed by atoms with Gasteiger partial charge in [0.25, 0.3) is 0 Å². The van der Waals surface area contributed by atoms with Gasteiger partial charge in [-0.1, -0.05) is 27.4 Å². The van der Waals surface area contributed by atoms with Gasteiger partial charge in [0, 0.05) is 11.3 Å². The van der Waals surface area contributed by atoms with Crippen molar-refractivity contribution in [2.75, 3.05) is 7.11 Å². The molecule has 2 unspecified atom stereocenters. The molecule has 4 heterocycles. The van der Waals surface area contributed by atoms with E-state index >= 15 is 0 Å². The SMILES string of the molecule is C=C1[C@@]2(C(=O)OC)[C@@]3(C)CC[C@@H]4C(C)(C)[C@H]5CC[C@@]4(C(=O)O5)C3CC3[C@]1(C)O[C@]32C. The molecule has 4 saturated carbocycles. The van der Waals surface area contributed by atoms with E-state index in [0.29, 0.717) is 5.92 Å². The molecule has 0 aromatic heterocycles. The summed E-state index contributed by atoms with van der Waals surface area (Å²) in [5, 5.41) is 0. The van der Waals surface area contributed by atoms with Crippen molar-refractivity contribution in [3.63, 3.8) is 0 Å². The van der Waals surface area contributed by atoms with Crippen LogP contribution in [-0.2, 0) is 23.8 Å². The Morgan fingerprint density at radius 1 is 1.07 bits per heavy atom. The second-order valence-corrected chi connectivity index (χ2v) is 12.2. The number of fused-ring (bicyclic) bond motifs is 3. The van der Waals surface area contributed by atoms with Gasteiger partial charge in [0.05, 0.1) is 23.7 Å². The van der Waals surface area contributed by atoms with Gasteiger partial charge in [-0.05, 0) is 68.8 Å². The number of methoxy groups -OCH3 is 1. The number of carbonyl (C=O) groups is 2. The summed E-state index contributed by atoms with van der Waals surface area (Å²) in [6.45, 7) is 15.4. The molecule has 4 saturated heterocycles. The minimum Gasteiger partial charge on any atom is -0.468 e. The fourth-order valence-electron chi connectivity index (χ4n) is 10.4. The fraction of sp³-hybridized carbons (Fsp3) is 0.840. The number of ether oxygens (including phenoxy) is 3. The summed E-state index contributed by atoms with van der Waals surface area (Å²) in [7, 11) is 1.47. The highest BCUT2D eigenvalue weighted by Gasteiger charge is 2.91. The monoisotopic (exact) mass is 414 g/mol. The molecule has 9 atom stereocenters. The van der Waals surface area contributed by atoms with Crippen molar-refractivity contribution < 1.29 is 23.8 Å². The van der Waals surface area contributed by atoms with Crippen LogP contribution in [0.5, 0.6) is 0 Å². The lowest BCUT2D eigenvalue weighted by molar-refractivity contribution is -0.342. The first kappa shape index (κ1) is 19.3. The van der Waals surface area contributed by atoms with E-state index in [-0.39, 0.29) is 35.3 Å². The van der Waals surface area contributed by atoms with Crippen molar-refractivity contribution >= 4 is 11.9 Å². The zero-order valence-corrected chi connectivity index (χ0v) is 19.1. The zero-order valence-electron chi connectivity index (χ0n) is 19.1. The van der Waals surface area contributed by atoms with Gasteiger partial charge >= 0.3 is 11.9 Å². The molecule has 0 radical (unpaired) electrons. The largest absolute Gasteiger partial charge is 0.468 e. The molecule has 8 aliphatic rings. The first-order valence-electron chi connectivity index (χ1n) is 11.6. The van der Waals surface area contributed by atoms with Crippen LogP contribution >= 0.6 is 0 Å². The molecule has 0 amide bonds. The molecule has 0 aromatic carbocycles. The Kier molecular flexibility index (Phi) is 3.12. The molecule has 4 aliphatic heterocycles. The van der Waals surface area contributed by atoms with Crippen molar-refractivity contribution in [2.45, 2.75) is 84.0 Å². The molecule has 30 heavy (non-hydrogen) atoms. The van der Waals surface area contributed by atoms with Crippen LogP contribution in [0, 0.1) is 39.4 Å². The van der Waals surface area contributed by atoms with Crippen LogP contribution in [0.2, 0.25) is 0 Å². The van der Waals surface area contributed by atoms with Crippen molar-refractivity contribution in [2.24, 2.45) is 39.4 Å². The van der Waals surface area contributed by atoms with Crippen molar-refractivity contribution in [3.8, 4) is 0 Å².